The summed E-state index contributed by atoms with van der Waals surface area (Å²) in [6.07, 6.45) is 4.13. The molecule has 0 spiro atoms. The maximum Gasteiger partial charge on any atom is 0.231 e. The van der Waals surface area contributed by atoms with E-state index in [9.17, 15) is 4.79 Å². The fourth-order valence-corrected chi connectivity index (χ4v) is 2.61. The highest BCUT2D eigenvalue weighted by Gasteiger charge is 2.28. The number of hydrogen-bond donors (Lipinski definition) is 1. The van der Waals surface area contributed by atoms with Gasteiger partial charge in [-0.3, -0.25) is 15.0 Å². The van der Waals surface area contributed by atoms with Crippen LogP contribution in [-0.2, 0) is 11.3 Å². The van der Waals surface area contributed by atoms with Crippen molar-refractivity contribution in [1.29, 1.82) is 0 Å². The van der Waals surface area contributed by atoms with Crippen molar-refractivity contribution in [1.82, 2.24) is 14.9 Å². The van der Waals surface area contributed by atoms with E-state index in [4.69, 9.17) is 0 Å². The Morgan fingerprint density at radius 1 is 1.19 bits per heavy atom. The number of benzene rings is 1. The molecular weight excluding hydrogens is 264 g/mol. The third-order valence-electron chi connectivity index (χ3n) is 3.69. The first kappa shape index (κ1) is 13.7. The summed E-state index contributed by atoms with van der Waals surface area (Å²) >= 11 is 0. The molecule has 1 amide bonds. The third-order valence-corrected chi connectivity index (χ3v) is 3.69. The summed E-state index contributed by atoms with van der Waals surface area (Å²) in [4.78, 5) is 22.5. The first-order valence-corrected chi connectivity index (χ1v) is 7.15. The molecule has 5 nitrogen and oxygen atoms in total. The van der Waals surface area contributed by atoms with E-state index in [1.807, 2.05) is 18.2 Å². The molecule has 0 saturated carbocycles. The Kier molecular flexibility index (Phi) is 4.21. The van der Waals surface area contributed by atoms with Gasteiger partial charge in [-0.2, -0.15) is 0 Å². The first-order chi connectivity index (χ1) is 10.3. The number of aromatic nitrogens is 2. The molecule has 3 rings (SSSR count). The van der Waals surface area contributed by atoms with Gasteiger partial charge in [0.25, 0.3) is 0 Å². The van der Waals surface area contributed by atoms with Gasteiger partial charge in [0.1, 0.15) is 0 Å². The van der Waals surface area contributed by atoms with Gasteiger partial charge in [0.15, 0.2) is 0 Å². The molecule has 2 aromatic rings. The zero-order valence-corrected chi connectivity index (χ0v) is 11.8. The second-order valence-electron chi connectivity index (χ2n) is 5.27. The van der Waals surface area contributed by atoms with Crippen molar-refractivity contribution >= 4 is 11.9 Å². The fraction of sp³-hybridized carbons (Fsp3) is 0.312. The fourth-order valence-electron chi connectivity index (χ4n) is 2.61. The second-order valence-corrected chi connectivity index (χ2v) is 5.27. The molecule has 5 heteroatoms. The van der Waals surface area contributed by atoms with Crippen LogP contribution in [0.1, 0.15) is 12.0 Å². The van der Waals surface area contributed by atoms with Gasteiger partial charge in [-0.1, -0.05) is 30.3 Å². The van der Waals surface area contributed by atoms with Crippen LogP contribution in [0.3, 0.4) is 0 Å². The summed E-state index contributed by atoms with van der Waals surface area (Å²) < 4.78 is 0. The van der Waals surface area contributed by atoms with Gasteiger partial charge in [-0.05, 0) is 24.6 Å². The minimum atomic E-state index is 0.0109. The Balaban J connectivity index is 1.53. The van der Waals surface area contributed by atoms with Crippen LogP contribution in [0.2, 0.25) is 0 Å². The van der Waals surface area contributed by atoms with E-state index in [0.717, 1.165) is 26.1 Å². The zero-order valence-electron chi connectivity index (χ0n) is 11.8. The quantitative estimate of drug-likeness (QED) is 0.931. The van der Waals surface area contributed by atoms with Gasteiger partial charge in [-0.25, -0.2) is 9.97 Å². The minimum absolute atomic E-state index is 0.0109. The smallest absolute Gasteiger partial charge is 0.231 e. The second kappa shape index (κ2) is 6.45. The maximum absolute atomic E-state index is 12.2. The Morgan fingerprint density at radius 3 is 2.71 bits per heavy atom. The van der Waals surface area contributed by atoms with E-state index in [1.165, 1.54) is 5.56 Å². The van der Waals surface area contributed by atoms with Gasteiger partial charge in [-0.15, -0.1) is 0 Å². The molecule has 1 aliphatic heterocycles. The molecule has 1 atom stereocenters. The van der Waals surface area contributed by atoms with Crippen molar-refractivity contribution in [2.75, 3.05) is 18.4 Å². The van der Waals surface area contributed by atoms with Crippen LogP contribution in [0.25, 0.3) is 0 Å². The molecule has 1 aliphatic rings. The Bertz CT molecular complexity index is 588. The van der Waals surface area contributed by atoms with E-state index < -0.39 is 0 Å². The summed E-state index contributed by atoms with van der Waals surface area (Å²) in [5.41, 5.74) is 1.28. The normalized spacial score (nSPS) is 18.6. The number of nitrogens with zero attached hydrogens (tertiary/aromatic N) is 3. The number of anilines is 1. The third kappa shape index (κ3) is 3.64. The van der Waals surface area contributed by atoms with Crippen molar-refractivity contribution in [2.45, 2.75) is 13.0 Å². The van der Waals surface area contributed by atoms with Crippen LogP contribution in [-0.4, -0.2) is 33.9 Å². The number of carbonyl (C=O) groups excluding carboxylic acids is 1. The van der Waals surface area contributed by atoms with E-state index in [1.54, 1.807) is 18.5 Å². The summed E-state index contributed by atoms with van der Waals surface area (Å²) in [6, 6.07) is 12.1. The summed E-state index contributed by atoms with van der Waals surface area (Å²) in [5, 5.41) is 2.78. The van der Waals surface area contributed by atoms with E-state index in [2.05, 4.69) is 32.3 Å². The lowest BCUT2D eigenvalue weighted by Gasteiger charge is -2.15. The van der Waals surface area contributed by atoms with E-state index >= 15 is 0 Å². The van der Waals surface area contributed by atoms with Crippen molar-refractivity contribution in [3.8, 4) is 0 Å². The molecule has 0 radical (unpaired) electrons. The molecule has 21 heavy (non-hydrogen) atoms. The molecule has 0 aliphatic carbocycles. The van der Waals surface area contributed by atoms with E-state index in [0.29, 0.717) is 5.95 Å². The maximum atomic E-state index is 12.2. The molecular formula is C16H18N4O. The SMILES string of the molecule is O=C(Nc1ncccn1)C1CCN(Cc2ccccc2)C1. The van der Waals surface area contributed by atoms with Gasteiger partial charge in [0.05, 0.1) is 5.92 Å². The van der Waals surface area contributed by atoms with Crippen molar-refractivity contribution in [3.05, 3.63) is 54.4 Å². The number of amides is 1. The Labute approximate surface area is 124 Å². The minimum Gasteiger partial charge on any atom is -0.298 e. The molecule has 108 valence electrons. The average Bonchev–Trinajstić information content (AvgIpc) is 2.98. The Hall–Kier alpha value is -2.27. The monoisotopic (exact) mass is 282 g/mol. The molecule has 1 saturated heterocycles. The number of likely N-dealkylation sites (tertiary alicyclic amines) is 1. The zero-order chi connectivity index (χ0) is 14.5. The molecule has 0 bridgehead atoms. The molecule has 1 fully saturated rings. The van der Waals surface area contributed by atoms with E-state index in [-0.39, 0.29) is 11.8 Å². The highest BCUT2D eigenvalue weighted by atomic mass is 16.2. The number of rotatable bonds is 4. The van der Waals surface area contributed by atoms with Crippen LogP contribution in [0.5, 0.6) is 0 Å². The summed E-state index contributed by atoms with van der Waals surface area (Å²) in [5.74, 6) is 0.401. The lowest BCUT2D eigenvalue weighted by Crippen LogP contribution is -2.27. The first-order valence-electron chi connectivity index (χ1n) is 7.15. The van der Waals surface area contributed by atoms with Crippen LogP contribution >= 0.6 is 0 Å². The molecule has 1 aromatic carbocycles. The predicted octanol–water partition coefficient (Wildman–Crippen LogP) is 1.94. The largest absolute Gasteiger partial charge is 0.298 e. The highest BCUT2D eigenvalue weighted by molar-refractivity contribution is 5.91. The summed E-state index contributed by atoms with van der Waals surface area (Å²) in [7, 11) is 0. The number of carbonyl (C=O) groups is 1. The van der Waals surface area contributed by atoms with Gasteiger partial charge in [0, 0.05) is 25.5 Å². The number of hydrogen-bond acceptors (Lipinski definition) is 4. The molecule has 1 N–H and O–H groups in total. The van der Waals surface area contributed by atoms with Crippen molar-refractivity contribution < 1.29 is 4.79 Å². The molecule has 1 unspecified atom stereocenters. The summed E-state index contributed by atoms with van der Waals surface area (Å²) in [6.45, 7) is 2.63. The molecule has 2 heterocycles. The topological polar surface area (TPSA) is 58.1 Å². The predicted molar refractivity (Wildman–Crippen MR) is 80.5 cm³/mol. The van der Waals surface area contributed by atoms with Gasteiger partial charge < -0.3 is 0 Å². The average molecular weight is 282 g/mol. The standard InChI is InChI=1S/C16H18N4O/c21-15(19-16-17-8-4-9-18-16)14-7-10-20(12-14)11-13-5-2-1-3-6-13/h1-6,8-9,14H,7,10-12H2,(H,17,18,19,21). The highest BCUT2D eigenvalue weighted by Crippen LogP contribution is 2.19. The Morgan fingerprint density at radius 2 is 1.95 bits per heavy atom. The van der Waals surface area contributed by atoms with Gasteiger partial charge >= 0.3 is 0 Å². The van der Waals surface area contributed by atoms with Crippen molar-refractivity contribution in [2.24, 2.45) is 5.92 Å². The lowest BCUT2D eigenvalue weighted by molar-refractivity contribution is -0.119. The van der Waals surface area contributed by atoms with Crippen molar-refractivity contribution in [3.63, 3.8) is 0 Å². The van der Waals surface area contributed by atoms with Crippen LogP contribution < -0.4 is 5.32 Å². The van der Waals surface area contributed by atoms with Crippen LogP contribution in [0.4, 0.5) is 5.95 Å². The van der Waals surface area contributed by atoms with Gasteiger partial charge in [0.2, 0.25) is 11.9 Å². The number of nitrogens with one attached hydrogen (secondary N) is 1. The molecule has 1 aromatic heterocycles. The van der Waals surface area contributed by atoms with Crippen LogP contribution in [0, 0.1) is 5.92 Å². The van der Waals surface area contributed by atoms with Crippen LogP contribution in [0.15, 0.2) is 48.8 Å². The lowest BCUT2D eigenvalue weighted by atomic mass is 10.1.